The first kappa shape index (κ1) is 25.7. The molecule has 3 aromatic carbocycles. The first-order valence-electron chi connectivity index (χ1n) is 12.9. The summed E-state index contributed by atoms with van der Waals surface area (Å²) in [4.78, 5) is 46.3. The third kappa shape index (κ3) is 4.12. The van der Waals surface area contributed by atoms with Gasteiger partial charge >= 0.3 is 0 Å². The predicted molar refractivity (Wildman–Crippen MR) is 152 cm³/mol. The lowest BCUT2D eigenvalue weighted by molar-refractivity contribution is -0.138. The van der Waals surface area contributed by atoms with Gasteiger partial charge in [0.2, 0.25) is 0 Å². The Balaban J connectivity index is 1.49. The Morgan fingerprint density at radius 2 is 1.70 bits per heavy atom. The van der Waals surface area contributed by atoms with Crippen LogP contribution in [0.25, 0.3) is 16.5 Å². The molecule has 0 unspecified atom stereocenters. The zero-order valence-corrected chi connectivity index (χ0v) is 22.5. The third-order valence-corrected chi connectivity index (χ3v) is 7.65. The fourth-order valence-electron chi connectivity index (χ4n) is 5.42. The average Bonchev–Trinajstić information content (AvgIpc) is 3.57. The van der Waals surface area contributed by atoms with Gasteiger partial charge in [0, 0.05) is 33.3 Å². The number of nitrogens with zero attached hydrogens (tertiary/aromatic N) is 3. The van der Waals surface area contributed by atoms with E-state index in [9.17, 15) is 18.8 Å². The van der Waals surface area contributed by atoms with Crippen LogP contribution in [0.1, 0.15) is 30.5 Å². The molecule has 0 fully saturated rings. The Kier molecular flexibility index (Phi) is 6.35. The van der Waals surface area contributed by atoms with E-state index in [1.165, 1.54) is 29.3 Å². The van der Waals surface area contributed by atoms with E-state index in [-0.39, 0.29) is 17.7 Å². The number of aryl methyl sites for hydroxylation is 1. The summed E-state index contributed by atoms with van der Waals surface area (Å²) in [6.07, 6.45) is 2.49. The average molecular weight is 555 g/mol. The van der Waals surface area contributed by atoms with Crippen molar-refractivity contribution in [3.63, 3.8) is 0 Å². The number of carbonyl (C=O) groups excluding carboxylic acids is 3. The van der Waals surface area contributed by atoms with Crippen molar-refractivity contribution in [2.24, 2.45) is 11.0 Å². The number of fused-ring (bicyclic) bond motifs is 1. The van der Waals surface area contributed by atoms with Crippen LogP contribution in [0, 0.1) is 11.7 Å². The second kappa shape index (κ2) is 9.88. The maximum Gasteiger partial charge on any atom is 0.262 e. The van der Waals surface area contributed by atoms with E-state index in [0.29, 0.717) is 27.5 Å². The number of carbonyl (C=O) groups is 3. The van der Waals surface area contributed by atoms with Crippen LogP contribution in [0.15, 0.2) is 83.6 Å². The minimum atomic E-state index is -1.06. The van der Waals surface area contributed by atoms with Gasteiger partial charge in [0.1, 0.15) is 11.7 Å². The number of amides is 3. The van der Waals surface area contributed by atoms with Crippen molar-refractivity contribution in [1.29, 1.82) is 0 Å². The fourth-order valence-corrected chi connectivity index (χ4v) is 5.55. The number of rotatable bonds is 6. The summed E-state index contributed by atoms with van der Waals surface area (Å²) < 4.78 is 13.5. The van der Waals surface area contributed by atoms with Gasteiger partial charge in [0.25, 0.3) is 17.7 Å². The summed E-state index contributed by atoms with van der Waals surface area (Å²) in [5.74, 6) is -3.00. The molecule has 4 aromatic rings. The molecule has 1 atom stereocenters. The van der Waals surface area contributed by atoms with Gasteiger partial charge in [0.05, 0.1) is 23.5 Å². The van der Waals surface area contributed by atoms with E-state index in [4.69, 9.17) is 11.6 Å². The lowest BCUT2D eigenvalue weighted by atomic mass is 9.88. The summed E-state index contributed by atoms with van der Waals surface area (Å²) >= 11 is 6.03. The molecule has 2 aliphatic heterocycles. The van der Waals surface area contributed by atoms with Crippen molar-refractivity contribution in [1.82, 2.24) is 9.88 Å². The van der Waals surface area contributed by atoms with Gasteiger partial charge in [-0.25, -0.2) is 4.39 Å². The minimum absolute atomic E-state index is 0.0640. The quantitative estimate of drug-likeness (QED) is 0.302. The molecule has 1 N–H and O–H groups in total. The van der Waals surface area contributed by atoms with Gasteiger partial charge in [0.15, 0.2) is 0 Å². The van der Waals surface area contributed by atoms with Crippen molar-refractivity contribution < 1.29 is 18.8 Å². The topological polar surface area (TPSA) is 85.8 Å². The summed E-state index contributed by atoms with van der Waals surface area (Å²) in [6, 6.07) is 18.1. The molecule has 0 aliphatic carbocycles. The molecule has 9 heteroatoms. The largest absolute Gasteiger partial charge is 0.360 e. The Labute approximate surface area is 234 Å². The van der Waals surface area contributed by atoms with Gasteiger partial charge in [-0.05, 0) is 60.9 Å². The summed E-state index contributed by atoms with van der Waals surface area (Å²) in [5.41, 5.74) is 4.21. The molecule has 7 nitrogen and oxygen atoms in total. The first-order chi connectivity index (χ1) is 19.3. The highest BCUT2D eigenvalue weighted by atomic mass is 35.5. The van der Waals surface area contributed by atoms with Crippen LogP contribution >= 0.6 is 11.6 Å². The Bertz CT molecular complexity index is 1760. The molecule has 3 amide bonds. The van der Waals surface area contributed by atoms with Crippen molar-refractivity contribution in [2.75, 3.05) is 5.01 Å². The molecule has 0 spiro atoms. The van der Waals surface area contributed by atoms with Crippen LogP contribution in [0.2, 0.25) is 5.02 Å². The lowest BCUT2D eigenvalue weighted by Gasteiger charge is -2.17. The van der Waals surface area contributed by atoms with E-state index in [0.717, 1.165) is 27.8 Å². The number of hydrogen-bond donors (Lipinski definition) is 1. The normalized spacial score (nSPS) is 17.6. The maximum atomic E-state index is 14.0. The number of para-hydroxylation sites is 1. The number of aromatic amines is 1. The Morgan fingerprint density at radius 3 is 2.40 bits per heavy atom. The highest BCUT2D eigenvalue weighted by Gasteiger charge is 2.49. The van der Waals surface area contributed by atoms with Gasteiger partial charge in [-0.1, -0.05) is 48.9 Å². The maximum absolute atomic E-state index is 14.0. The molecule has 0 radical (unpaired) electrons. The first-order valence-corrected chi connectivity index (χ1v) is 13.2. The lowest BCUT2D eigenvalue weighted by Crippen LogP contribution is -2.35. The molecule has 1 aromatic heterocycles. The smallest absolute Gasteiger partial charge is 0.262 e. The number of benzene rings is 3. The molecular weight excluding hydrogens is 531 g/mol. The molecule has 0 saturated heterocycles. The van der Waals surface area contributed by atoms with Crippen molar-refractivity contribution in [3.8, 4) is 0 Å². The molecule has 3 heterocycles. The second-order valence-corrected chi connectivity index (χ2v) is 10.2. The number of hydrazone groups is 1. The van der Waals surface area contributed by atoms with E-state index in [1.807, 2.05) is 25.1 Å². The third-order valence-electron chi connectivity index (χ3n) is 7.40. The predicted octanol–water partition coefficient (Wildman–Crippen LogP) is 5.88. The standard InChI is InChI=1S/C31H24ClFN4O3/c1-3-19-5-4-6-23-24(15-34-28(19)23)26-27(30(39)36(29(26)38)16-18-7-11-21(33)12-8-18)25-17(2)35-37(31(25)40)22-13-9-20(32)10-14-22/h4-15,25,34H,3,16H2,1-2H3/t25-/m1/s1. The molecular formula is C31H24ClFN4O3. The zero-order chi connectivity index (χ0) is 28.1. The number of nitrogens with one attached hydrogen (secondary N) is 1. The van der Waals surface area contributed by atoms with E-state index < -0.39 is 29.5 Å². The number of aromatic nitrogens is 1. The summed E-state index contributed by atoms with van der Waals surface area (Å²) in [7, 11) is 0. The molecule has 40 heavy (non-hydrogen) atoms. The number of imide groups is 1. The molecule has 200 valence electrons. The van der Waals surface area contributed by atoms with Crippen molar-refractivity contribution in [2.45, 2.75) is 26.8 Å². The SMILES string of the molecule is CCc1cccc2c(C3=C([C@@H]4C(=O)N(c5ccc(Cl)cc5)N=C4C)C(=O)N(Cc4ccc(F)cc4)C3=O)c[nH]c12. The van der Waals surface area contributed by atoms with Gasteiger partial charge in [-0.15, -0.1) is 0 Å². The van der Waals surface area contributed by atoms with E-state index in [2.05, 4.69) is 10.1 Å². The van der Waals surface area contributed by atoms with Crippen molar-refractivity contribution in [3.05, 3.63) is 106 Å². The van der Waals surface area contributed by atoms with Crippen LogP contribution in [0.3, 0.4) is 0 Å². The molecule has 0 saturated carbocycles. The summed E-state index contributed by atoms with van der Waals surface area (Å²) in [6.45, 7) is 3.65. The Hall–Kier alpha value is -4.56. The van der Waals surface area contributed by atoms with Crippen LogP contribution in [-0.4, -0.2) is 33.3 Å². The number of anilines is 1. The van der Waals surface area contributed by atoms with Crippen molar-refractivity contribution >= 4 is 57.2 Å². The zero-order valence-electron chi connectivity index (χ0n) is 21.7. The number of H-pyrrole nitrogens is 1. The monoisotopic (exact) mass is 554 g/mol. The highest BCUT2D eigenvalue weighted by Crippen LogP contribution is 2.41. The van der Waals surface area contributed by atoms with Crippen LogP contribution in [0.4, 0.5) is 10.1 Å². The number of halogens is 2. The van der Waals surface area contributed by atoms with Gasteiger partial charge < -0.3 is 4.98 Å². The van der Waals surface area contributed by atoms with Crippen LogP contribution < -0.4 is 5.01 Å². The second-order valence-electron chi connectivity index (χ2n) is 9.81. The Morgan fingerprint density at radius 1 is 0.975 bits per heavy atom. The van der Waals surface area contributed by atoms with Crippen LogP contribution in [0.5, 0.6) is 0 Å². The fraction of sp³-hybridized carbons (Fsp3) is 0.161. The van der Waals surface area contributed by atoms with E-state index in [1.54, 1.807) is 37.4 Å². The number of hydrogen-bond acceptors (Lipinski definition) is 4. The highest BCUT2D eigenvalue weighted by molar-refractivity contribution is 6.40. The molecule has 2 aliphatic rings. The van der Waals surface area contributed by atoms with Crippen LogP contribution in [-0.2, 0) is 27.3 Å². The minimum Gasteiger partial charge on any atom is -0.360 e. The molecule has 6 rings (SSSR count). The molecule has 0 bridgehead atoms. The van der Waals surface area contributed by atoms with Gasteiger partial charge in [-0.2, -0.15) is 10.1 Å². The van der Waals surface area contributed by atoms with E-state index >= 15 is 0 Å². The van der Waals surface area contributed by atoms with Gasteiger partial charge in [-0.3, -0.25) is 19.3 Å². The summed E-state index contributed by atoms with van der Waals surface area (Å²) in [5, 5.41) is 7.01.